The van der Waals surface area contributed by atoms with Crippen molar-refractivity contribution < 1.29 is 9.47 Å². The Kier molecular flexibility index (Phi) is 4.79. The molecule has 2 aromatic carbocycles. The first kappa shape index (κ1) is 13.1. The Morgan fingerprint density at radius 3 is 2.44 bits per heavy atom. The SMILES string of the molecule is COCCc1ccc(Oc2cccc(Br)c2)cc1. The third-order valence-corrected chi connectivity index (χ3v) is 3.04. The fourth-order valence-corrected chi connectivity index (χ4v) is 1.99. The molecule has 2 rings (SSSR count). The zero-order valence-corrected chi connectivity index (χ0v) is 11.8. The van der Waals surface area contributed by atoms with Gasteiger partial charge in [0.15, 0.2) is 0 Å². The molecule has 18 heavy (non-hydrogen) atoms. The fraction of sp³-hybridized carbons (Fsp3) is 0.200. The van der Waals surface area contributed by atoms with Crippen molar-refractivity contribution in [2.24, 2.45) is 0 Å². The maximum absolute atomic E-state index is 5.76. The minimum Gasteiger partial charge on any atom is -0.457 e. The molecule has 0 amide bonds. The lowest BCUT2D eigenvalue weighted by molar-refractivity contribution is 0.202. The summed E-state index contributed by atoms with van der Waals surface area (Å²) in [5, 5.41) is 0. The second-order valence-electron chi connectivity index (χ2n) is 3.95. The van der Waals surface area contributed by atoms with Crippen LogP contribution in [0.2, 0.25) is 0 Å². The quantitative estimate of drug-likeness (QED) is 0.813. The average molecular weight is 307 g/mol. The Morgan fingerprint density at radius 2 is 1.78 bits per heavy atom. The van der Waals surface area contributed by atoms with Gasteiger partial charge in [0.25, 0.3) is 0 Å². The van der Waals surface area contributed by atoms with E-state index in [-0.39, 0.29) is 0 Å². The molecule has 0 radical (unpaired) electrons. The highest BCUT2D eigenvalue weighted by atomic mass is 79.9. The first-order valence-corrected chi connectivity index (χ1v) is 6.58. The van der Waals surface area contributed by atoms with Crippen LogP contribution in [0.1, 0.15) is 5.56 Å². The van der Waals surface area contributed by atoms with Crippen molar-refractivity contribution in [1.82, 2.24) is 0 Å². The number of halogens is 1. The molecule has 0 heterocycles. The molecule has 2 nitrogen and oxygen atoms in total. The molecular formula is C15H15BrO2. The number of methoxy groups -OCH3 is 1. The van der Waals surface area contributed by atoms with Crippen LogP contribution < -0.4 is 4.74 Å². The highest BCUT2D eigenvalue weighted by molar-refractivity contribution is 9.10. The van der Waals surface area contributed by atoms with Gasteiger partial charge in [0, 0.05) is 11.6 Å². The first-order valence-electron chi connectivity index (χ1n) is 5.79. The Bertz CT molecular complexity index is 494. The molecular weight excluding hydrogens is 292 g/mol. The Balaban J connectivity index is 2.02. The third kappa shape index (κ3) is 3.86. The van der Waals surface area contributed by atoms with Gasteiger partial charge in [0.2, 0.25) is 0 Å². The van der Waals surface area contributed by atoms with Crippen LogP contribution in [0.4, 0.5) is 0 Å². The summed E-state index contributed by atoms with van der Waals surface area (Å²) in [6.45, 7) is 0.742. The second-order valence-corrected chi connectivity index (χ2v) is 4.86. The van der Waals surface area contributed by atoms with Crippen molar-refractivity contribution in [1.29, 1.82) is 0 Å². The predicted octanol–water partition coefficient (Wildman–Crippen LogP) is 4.43. The van der Waals surface area contributed by atoms with E-state index in [9.17, 15) is 0 Å². The lowest BCUT2D eigenvalue weighted by Crippen LogP contribution is -1.94. The van der Waals surface area contributed by atoms with Gasteiger partial charge in [-0.1, -0.05) is 34.1 Å². The van der Waals surface area contributed by atoms with Crippen molar-refractivity contribution >= 4 is 15.9 Å². The average Bonchev–Trinajstić information content (AvgIpc) is 2.38. The normalized spacial score (nSPS) is 10.3. The smallest absolute Gasteiger partial charge is 0.128 e. The molecule has 0 bridgehead atoms. The fourth-order valence-electron chi connectivity index (χ4n) is 1.61. The minimum absolute atomic E-state index is 0.742. The van der Waals surface area contributed by atoms with Crippen molar-refractivity contribution in [2.45, 2.75) is 6.42 Å². The van der Waals surface area contributed by atoms with Crippen LogP contribution in [0.3, 0.4) is 0 Å². The molecule has 3 heteroatoms. The molecule has 94 valence electrons. The van der Waals surface area contributed by atoms with Crippen molar-refractivity contribution in [3.05, 3.63) is 58.6 Å². The van der Waals surface area contributed by atoms with Gasteiger partial charge in [0.1, 0.15) is 11.5 Å². The molecule has 0 saturated carbocycles. The molecule has 0 N–H and O–H groups in total. The molecule has 0 spiro atoms. The van der Waals surface area contributed by atoms with Gasteiger partial charge >= 0.3 is 0 Å². The molecule has 0 aliphatic carbocycles. The molecule has 0 fully saturated rings. The summed E-state index contributed by atoms with van der Waals surface area (Å²) in [5.41, 5.74) is 1.25. The number of hydrogen-bond donors (Lipinski definition) is 0. The number of rotatable bonds is 5. The maximum Gasteiger partial charge on any atom is 0.128 e. The monoisotopic (exact) mass is 306 g/mol. The molecule has 0 aliphatic rings. The lowest BCUT2D eigenvalue weighted by atomic mass is 10.1. The summed E-state index contributed by atoms with van der Waals surface area (Å²) < 4.78 is 11.8. The number of ether oxygens (including phenoxy) is 2. The topological polar surface area (TPSA) is 18.5 Å². The Morgan fingerprint density at radius 1 is 1.00 bits per heavy atom. The third-order valence-electron chi connectivity index (χ3n) is 2.55. The highest BCUT2D eigenvalue weighted by Crippen LogP contribution is 2.24. The van der Waals surface area contributed by atoms with Gasteiger partial charge in [-0.3, -0.25) is 0 Å². The maximum atomic E-state index is 5.76. The standard InChI is InChI=1S/C15H15BrO2/c1-17-10-9-12-5-7-14(8-6-12)18-15-4-2-3-13(16)11-15/h2-8,11H,9-10H2,1H3. The van der Waals surface area contributed by atoms with Crippen LogP contribution in [-0.2, 0) is 11.2 Å². The van der Waals surface area contributed by atoms with E-state index >= 15 is 0 Å². The molecule has 0 aromatic heterocycles. The van der Waals surface area contributed by atoms with E-state index in [2.05, 4.69) is 28.1 Å². The number of hydrogen-bond acceptors (Lipinski definition) is 2. The largest absolute Gasteiger partial charge is 0.457 e. The van der Waals surface area contributed by atoms with Gasteiger partial charge in [-0.05, 0) is 42.3 Å². The molecule has 0 saturated heterocycles. The summed E-state index contributed by atoms with van der Waals surface area (Å²) in [4.78, 5) is 0. The van der Waals surface area contributed by atoms with Crippen molar-refractivity contribution in [3.63, 3.8) is 0 Å². The van der Waals surface area contributed by atoms with Crippen LogP contribution in [0.5, 0.6) is 11.5 Å². The lowest BCUT2D eigenvalue weighted by Gasteiger charge is -2.07. The molecule has 0 unspecified atom stereocenters. The van der Waals surface area contributed by atoms with Crippen LogP contribution >= 0.6 is 15.9 Å². The van der Waals surface area contributed by atoms with E-state index in [1.54, 1.807) is 7.11 Å². The van der Waals surface area contributed by atoms with E-state index in [0.717, 1.165) is 29.0 Å². The van der Waals surface area contributed by atoms with E-state index < -0.39 is 0 Å². The highest BCUT2D eigenvalue weighted by Gasteiger charge is 1.98. The van der Waals surface area contributed by atoms with E-state index in [0.29, 0.717) is 0 Å². The molecule has 0 aliphatic heterocycles. The zero-order valence-electron chi connectivity index (χ0n) is 10.2. The van der Waals surface area contributed by atoms with Crippen LogP contribution in [0, 0.1) is 0 Å². The predicted molar refractivity (Wildman–Crippen MR) is 76.2 cm³/mol. The van der Waals surface area contributed by atoms with Crippen LogP contribution in [0.15, 0.2) is 53.0 Å². The van der Waals surface area contributed by atoms with E-state index in [4.69, 9.17) is 9.47 Å². The van der Waals surface area contributed by atoms with Crippen LogP contribution in [0.25, 0.3) is 0 Å². The summed E-state index contributed by atoms with van der Waals surface area (Å²) >= 11 is 3.42. The minimum atomic E-state index is 0.742. The van der Waals surface area contributed by atoms with Gasteiger partial charge in [0.05, 0.1) is 6.61 Å². The van der Waals surface area contributed by atoms with Crippen molar-refractivity contribution in [2.75, 3.05) is 13.7 Å². The van der Waals surface area contributed by atoms with Crippen LogP contribution in [-0.4, -0.2) is 13.7 Å². The molecule has 0 atom stereocenters. The van der Waals surface area contributed by atoms with E-state index in [1.165, 1.54) is 5.56 Å². The summed E-state index contributed by atoms with van der Waals surface area (Å²) in [5.74, 6) is 1.67. The summed E-state index contributed by atoms with van der Waals surface area (Å²) in [6.07, 6.45) is 0.924. The summed E-state index contributed by atoms with van der Waals surface area (Å²) in [7, 11) is 1.71. The van der Waals surface area contributed by atoms with Gasteiger partial charge < -0.3 is 9.47 Å². The summed E-state index contributed by atoms with van der Waals surface area (Å²) in [6, 6.07) is 15.9. The van der Waals surface area contributed by atoms with Gasteiger partial charge in [-0.2, -0.15) is 0 Å². The second kappa shape index (κ2) is 6.57. The molecule has 2 aromatic rings. The zero-order chi connectivity index (χ0) is 12.8. The first-order chi connectivity index (χ1) is 8.78. The van der Waals surface area contributed by atoms with E-state index in [1.807, 2.05) is 36.4 Å². The van der Waals surface area contributed by atoms with Gasteiger partial charge in [-0.15, -0.1) is 0 Å². The Labute approximate surface area is 116 Å². The Hall–Kier alpha value is -1.32. The number of benzene rings is 2. The van der Waals surface area contributed by atoms with Crippen molar-refractivity contribution in [3.8, 4) is 11.5 Å². The van der Waals surface area contributed by atoms with Gasteiger partial charge in [-0.25, -0.2) is 0 Å².